The minimum atomic E-state index is 0.0919. The molecule has 1 aliphatic heterocycles. The molecule has 0 saturated heterocycles. The predicted octanol–water partition coefficient (Wildman–Crippen LogP) is 4.35. The molecule has 1 atom stereocenters. The van der Waals surface area contributed by atoms with Crippen molar-refractivity contribution in [3.05, 3.63) is 59.1 Å². The number of nitrogens with zero attached hydrogens (tertiary/aromatic N) is 3. The molecule has 0 spiro atoms. The first-order valence-corrected chi connectivity index (χ1v) is 8.87. The molecule has 0 radical (unpaired) electrons. The third-order valence-corrected chi connectivity index (χ3v) is 5.04. The van der Waals surface area contributed by atoms with E-state index in [1.165, 1.54) is 0 Å². The molecular weight excluding hydrogens is 344 g/mol. The fourth-order valence-corrected chi connectivity index (χ4v) is 3.67. The van der Waals surface area contributed by atoms with Crippen molar-refractivity contribution in [2.45, 2.75) is 17.5 Å². The molecule has 122 valence electrons. The highest BCUT2D eigenvalue weighted by atomic mass is 35.5. The van der Waals surface area contributed by atoms with Gasteiger partial charge < -0.3 is 10.2 Å². The summed E-state index contributed by atoms with van der Waals surface area (Å²) >= 11 is 7.59. The molecule has 7 heteroatoms. The van der Waals surface area contributed by atoms with E-state index in [9.17, 15) is 0 Å². The number of rotatable bonds is 4. The van der Waals surface area contributed by atoms with Crippen LogP contribution in [0.3, 0.4) is 0 Å². The van der Waals surface area contributed by atoms with Crippen LogP contribution in [0.25, 0.3) is 11.4 Å². The highest BCUT2D eigenvalue weighted by Crippen LogP contribution is 2.40. The van der Waals surface area contributed by atoms with Crippen molar-refractivity contribution in [3.63, 3.8) is 0 Å². The molecule has 2 aromatic carbocycles. The van der Waals surface area contributed by atoms with E-state index in [1.54, 1.807) is 11.8 Å². The lowest BCUT2D eigenvalue weighted by atomic mass is 10.2. The van der Waals surface area contributed by atoms with Gasteiger partial charge in [-0.05, 0) is 48.9 Å². The second kappa shape index (κ2) is 6.37. The minimum absolute atomic E-state index is 0.0919. The first-order chi connectivity index (χ1) is 11.7. The average molecular weight is 359 g/mol. The SMILES string of the molecule is CCOc1ccc(-c2nnc3n2NC(c2ccc(Cl)cc2)S3)cc1. The van der Waals surface area contributed by atoms with Crippen molar-refractivity contribution >= 4 is 23.4 Å². The van der Waals surface area contributed by atoms with Gasteiger partial charge in [0.05, 0.1) is 6.61 Å². The van der Waals surface area contributed by atoms with Gasteiger partial charge in [-0.1, -0.05) is 35.5 Å². The first-order valence-electron chi connectivity index (χ1n) is 7.62. The van der Waals surface area contributed by atoms with Crippen molar-refractivity contribution in [1.29, 1.82) is 0 Å². The molecule has 0 amide bonds. The largest absolute Gasteiger partial charge is 0.494 e. The Hall–Kier alpha value is -2.18. The van der Waals surface area contributed by atoms with Gasteiger partial charge in [0, 0.05) is 10.6 Å². The fourth-order valence-electron chi connectivity index (χ4n) is 2.55. The van der Waals surface area contributed by atoms with E-state index in [0.29, 0.717) is 6.61 Å². The first kappa shape index (κ1) is 15.4. The van der Waals surface area contributed by atoms with Crippen molar-refractivity contribution < 1.29 is 4.74 Å². The Morgan fingerprint density at radius 3 is 2.58 bits per heavy atom. The van der Waals surface area contributed by atoms with Crippen LogP contribution >= 0.6 is 23.4 Å². The zero-order valence-corrected chi connectivity index (χ0v) is 14.5. The monoisotopic (exact) mass is 358 g/mol. The normalized spacial score (nSPS) is 15.8. The number of halogens is 1. The number of hydrogen-bond acceptors (Lipinski definition) is 5. The maximum Gasteiger partial charge on any atom is 0.212 e. The third kappa shape index (κ3) is 2.83. The Morgan fingerprint density at radius 1 is 1.12 bits per heavy atom. The molecule has 1 aromatic heterocycles. The van der Waals surface area contributed by atoms with Gasteiger partial charge >= 0.3 is 0 Å². The van der Waals surface area contributed by atoms with Crippen LogP contribution in [0.1, 0.15) is 17.9 Å². The molecule has 0 aliphatic carbocycles. The summed E-state index contributed by atoms with van der Waals surface area (Å²) in [6, 6.07) is 15.7. The van der Waals surface area contributed by atoms with Gasteiger partial charge in [0.25, 0.3) is 0 Å². The summed E-state index contributed by atoms with van der Waals surface area (Å²) in [4.78, 5) is 0. The molecular formula is C17H15ClN4OS. The number of ether oxygens (including phenoxy) is 1. The van der Waals surface area contributed by atoms with E-state index in [2.05, 4.69) is 15.6 Å². The van der Waals surface area contributed by atoms with Gasteiger partial charge in [-0.3, -0.25) is 0 Å². The van der Waals surface area contributed by atoms with E-state index < -0.39 is 0 Å². The van der Waals surface area contributed by atoms with Crippen LogP contribution in [0.4, 0.5) is 0 Å². The molecule has 4 rings (SSSR count). The molecule has 0 saturated carbocycles. The average Bonchev–Trinajstić information content (AvgIpc) is 3.17. The van der Waals surface area contributed by atoms with Crippen LogP contribution < -0.4 is 10.2 Å². The molecule has 0 fully saturated rings. The second-order valence-corrected chi connectivity index (χ2v) is 6.79. The van der Waals surface area contributed by atoms with Crippen molar-refractivity contribution in [2.75, 3.05) is 12.0 Å². The van der Waals surface area contributed by atoms with E-state index >= 15 is 0 Å². The number of aromatic nitrogens is 3. The summed E-state index contributed by atoms with van der Waals surface area (Å²) in [5.74, 6) is 1.64. The molecule has 1 unspecified atom stereocenters. The summed E-state index contributed by atoms with van der Waals surface area (Å²) in [6.07, 6.45) is 0. The van der Waals surface area contributed by atoms with Gasteiger partial charge in [-0.15, -0.1) is 10.2 Å². The van der Waals surface area contributed by atoms with E-state index in [1.807, 2.05) is 60.1 Å². The summed E-state index contributed by atoms with van der Waals surface area (Å²) in [7, 11) is 0. The van der Waals surface area contributed by atoms with Crippen molar-refractivity contribution in [2.24, 2.45) is 0 Å². The number of hydrogen-bond donors (Lipinski definition) is 1. The molecule has 2 heterocycles. The Bertz CT molecular complexity index is 848. The van der Waals surface area contributed by atoms with Crippen LogP contribution in [0, 0.1) is 0 Å². The highest BCUT2D eigenvalue weighted by Gasteiger charge is 2.28. The van der Waals surface area contributed by atoms with Crippen molar-refractivity contribution in [3.8, 4) is 17.1 Å². The van der Waals surface area contributed by atoms with Gasteiger partial charge in [0.2, 0.25) is 5.16 Å². The van der Waals surface area contributed by atoms with Crippen molar-refractivity contribution in [1.82, 2.24) is 14.9 Å². The Labute approximate surface area is 149 Å². The Kier molecular flexibility index (Phi) is 4.08. The third-order valence-electron chi connectivity index (χ3n) is 3.70. The minimum Gasteiger partial charge on any atom is -0.494 e. The number of benzene rings is 2. The maximum atomic E-state index is 5.96. The van der Waals surface area contributed by atoms with Crippen LogP contribution in [-0.4, -0.2) is 21.5 Å². The number of fused-ring (bicyclic) bond motifs is 1. The van der Waals surface area contributed by atoms with Crippen LogP contribution in [0.15, 0.2) is 53.7 Å². The number of thioether (sulfide) groups is 1. The van der Waals surface area contributed by atoms with Gasteiger partial charge in [0.15, 0.2) is 5.82 Å². The second-order valence-electron chi connectivity index (χ2n) is 5.28. The fraction of sp³-hybridized carbons (Fsp3) is 0.176. The molecule has 1 aliphatic rings. The van der Waals surface area contributed by atoms with Crippen LogP contribution in [0.5, 0.6) is 5.75 Å². The standard InChI is InChI=1S/C17H15ClN4OS/c1-2-23-14-9-5-11(6-10-14)15-19-20-17-22(15)21-16(24-17)12-3-7-13(18)8-4-12/h3-10,16,21H,2H2,1H3. The van der Waals surface area contributed by atoms with Crippen LogP contribution in [-0.2, 0) is 0 Å². The highest BCUT2D eigenvalue weighted by molar-refractivity contribution is 7.99. The zero-order chi connectivity index (χ0) is 16.5. The Balaban J connectivity index is 1.59. The Morgan fingerprint density at radius 2 is 1.88 bits per heavy atom. The summed E-state index contributed by atoms with van der Waals surface area (Å²) in [5, 5.41) is 10.2. The predicted molar refractivity (Wildman–Crippen MR) is 96.0 cm³/mol. The van der Waals surface area contributed by atoms with E-state index in [0.717, 1.165) is 32.9 Å². The summed E-state index contributed by atoms with van der Waals surface area (Å²) < 4.78 is 7.41. The molecule has 3 aromatic rings. The zero-order valence-electron chi connectivity index (χ0n) is 12.9. The number of nitrogens with one attached hydrogen (secondary N) is 1. The molecule has 1 N–H and O–H groups in total. The molecule has 0 bridgehead atoms. The van der Waals surface area contributed by atoms with E-state index in [4.69, 9.17) is 16.3 Å². The maximum absolute atomic E-state index is 5.96. The van der Waals surface area contributed by atoms with Crippen LogP contribution in [0.2, 0.25) is 5.02 Å². The smallest absolute Gasteiger partial charge is 0.212 e. The van der Waals surface area contributed by atoms with Gasteiger partial charge in [-0.25, -0.2) is 4.68 Å². The van der Waals surface area contributed by atoms with Gasteiger partial charge in [0.1, 0.15) is 11.1 Å². The van der Waals surface area contributed by atoms with E-state index in [-0.39, 0.29) is 5.37 Å². The summed E-state index contributed by atoms with van der Waals surface area (Å²) in [5.41, 5.74) is 5.57. The lowest BCUT2D eigenvalue weighted by Crippen LogP contribution is -2.13. The quantitative estimate of drug-likeness (QED) is 0.751. The lowest BCUT2D eigenvalue weighted by Gasteiger charge is -2.12. The summed E-state index contributed by atoms with van der Waals surface area (Å²) in [6.45, 7) is 2.62. The molecule has 24 heavy (non-hydrogen) atoms. The molecule has 5 nitrogen and oxygen atoms in total. The lowest BCUT2D eigenvalue weighted by molar-refractivity contribution is 0.340. The van der Waals surface area contributed by atoms with Gasteiger partial charge in [-0.2, -0.15) is 0 Å². The topological polar surface area (TPSA) is 52.0 Å².